The second-order valence-electron chi connectivity index (χ2n) is 7.08. The van der Waals surface area contributed by atoms with Gasteiger partial charge < -0.3 is 24.7 Å². The standard InChI is InChI=1S/C17H34N2O3/c1-15-3-7-18(8-4-15)13-16(21)14-19-9-5-17(6-10-19)22-12-2-11-20/h15-17,20-21H,2-14H2,1H3. The molecule has 2 saturated heterocycles. The zero-order chi connectivity index (χ0) is 15.8. The molecule has 0 aromatic rings. The lowest BCUT2D eigenvalue weighted by Gasteiger charge is -2.35. The second-order valence-corrected chi connectivity index (χ2v) is 7.08. The van der Waals surface area contributed by atoms with Gasteiger partial charge in [-0.25, -0.2) is 0 Å². The third kappa shape index (κ3) is 6.50. The third-order valence-electron chi connectivity index (χ3n) is 5.00. The van der Waals surface area contributed by atoms with Gasteiger partial charge in [0, 0.05) is 39.4 Å². The summed E-state index contributed by atoms with van der Waals surface area (Å²) in [4.78, 5) is 4.78. The summed E-state index contributed by atoms with van der Waals surface area (Å²) in [7, 11) is 0. The first kappa shape index (κ1) is 18.1. The van der Waals surface area contributed by atoms with E-state index in [2.05, 4.69) is 16.7 Å². The van der Waals surface area contributed by atoms with E-state index in [0.717, 1.165) is 64.4 Å². The van der Waals surface area contributed by atoms with E-state index in [9.17, 15) is 5.11 Å². The van der Waals surface area contributed by atoms with Crippen molar-refractivity contribution < 1.29 is 14.9 Å². The molecule has 0 aromatic carbocycles. The van der Waals surface area contributed by atoms with Gasteiger partial charge in [0.25, 0.3) is 0 Å². The Labute approximate surface area is 135 Å². The summed E-state index contributed by atoms with van der Waals surface area (Å²) >= 11 is 0. The molecule has 2 N–H and O–H groups in total. The second kappa shape index (κ2) is 9.83. The summed E-state index contributed by atoms with van der Waals surface area (Å²) < 4.78 is 5.75. The number of hydrogen-bond donors (Lipinski definition) is 2. The van der Waals surface area contributed by atoms with Crippen molar-refractivity contribution >= 4 is 0 Å². The van der Waals surface area contributed by atoms with Crippen LogP contribution in [0.5, 0.6) is 0 Å². The van der Waals surface area contributed by atoms with Crippen molar-refractivity contribution in [2.45, 2.75) is 51.2 Å². The van der Waals surface area contributed by atoms with Gasteiger partial charge >= 0.3 is 0 Å². The predicted molar refractivity (Wildman–Crippen MR) is 88.0 cm³/mol. The van der Waals surface area contributed by atoms with E-state index in [0.29, 0.717) is 12.7 Å². The van der Waals surface area contributed by atoms with Gasteiger partial charge in [-0.3, -0.25) is 0 Å². The van der Waals surface area contributed by atoms with Gasteiger partial charge in [-0.05, 0) is 51.1 Å². The topological polar surface area (TPSA) is 56.2 Å². The maximum Gasteiger partial charge on any atom is 0.0793 e. The molecule has 2 aliphatic heterocycles. The van der Waals surface area contributed by atoms with Crippen LogP contribution in [0.1, 0.15) is 39.0 Å². The van der Waals surface area contributed by atoms with Crippen molar-refractivity contribution in [2.75, 3.05) is 52.5 Å². The number of β-amino-alcohol motifs (C(OH)–C–C–N with tert-alkyl or cyclic N) is 1. The Morgan fingerprint density at radius 2 is 1.55 bits per heavy atom. The molecule has 2 rings (SSSR count). The van der Waals surface area contributed by atoms with Crippen LogP contribution in [-0.2, 0) is 4.74 Å². The lowest BCUT2D eigenvalue weighted by Crippen LogP contribution is -2.45. The zero-order valence-electron chi connectivity index (χ0n) is 14.1. The van der Waals surface area contributed by atoms with Crippen LogP contribution in [0.3, 0.4) is 0 Å². The largest absolute Gasteiger partial charge is 0.396 e. The predicted octanol–water partition coefficient (Wildman–Crippen LogP) is 0.943. The quantitative estimate of drug-likeness (QED) is 0.653. The van der Waals surface area contributed by atoms with E-state index >= 15 is 0 Å². The van der Waals surface area contributed by atoms with E-state index in [-0.39, 0.29) is 12.7 Å². The molecule has 130 valence electrons. The zero-order valence-corrected chi connectivity index (χ0v) is 14.1. The van der Waals surface area contributed by atoms with Crippen LogP contribution in [0.2, 0.25) is 0 Å². The molecule has 0 bridgehead atoms. The lowest BCUT2D eigenvalue weighted by molar-refractivity contribution is -0.0103. The van der Waals surface area contributed by atoms with E-state index < -0.39 is 0 Å². The van der Waals surface area contributed by atoms with Gasteiger partial charge in [-0.1, -0.05) is 6.92 Å². The molecule has 0 spiro atoms. The van der Waals surface area contributed by atoms with Gasteiger partial charge in [0.2, 0.25) is 0 Å². The number of aliphatic hydroxyl groups excluding tert-OH is 2. The summed E-state index contributed by atoms with van der Waals surface area (Å²) in [6.45, 7) is 9.10. The van der Waals surface area contributed by atoms with E-state index in [1.165, 1.54) is 12.8 Å². The molecule has 2 fully saturated rings. The normalized spacial score (nSPS) is 24.7. The van der Waals surface area contributed by atoms with Crippen molar-refractivity contribution in [2.24, 2.45) is 5.92 Å². The van der Waals surface area contributed by atoms with Crippen LogP contribution in [0.15, 0.2) is 0 Å². The molecule has 5 nitrogen and oxygen atoms in total. The summed E-state index contributed by atoms with van der Waals surface area (Å²) in [6.07, 6.45) is 5.45. The van der Waals surface area contributed by atoms with Gasteiger partial charge in [0.05, 0.1) is 12.2 Å². The number of likely N-dealkylation sites (tertiary alicyclic amines) is 2. The maximum absolute atomic E-state index is 10.3. The Bertz CT molecular complexity index is 288. The molecule has 0 aliphatic carbocycles. The van der Waals surface area contributed by atoms with Crippen molar-refractivity contribution in [3.63, 3.8) is 0 Å². The first-order chi connectivity index (χ1) is 10.7. The minimum atomic E-state index is -0.236. The maximum atomic E-state index is 10.3. The number of piperidine rings is 2. The highest BCUT2D eigenvalue weighted by Gasteiger charge is 2.23. The van der Waals surface area contributed by atoms with Gasteiger partial charge in [0.15, 0.2) is 0 Å². The molecule has 0 radical (unpaired) electrons. The molecule has 0 aromatic heterocycles. The minimum absolute atomic E-state index is 0.209. The average molecular weight is 314 g/mol. The third-order valence-corrected chi connectivity index (χ3v) is 5.00. The van der Waals surface area contributed by atoms with E-state index in [1.54, 1.807) is 0 Å². The Hall–Kier alpha value is -0.200. The van der Waals surface area contributed by atoms with E-state index in [1.807, 2.05) is 0 Å². The van der Waals surface area contributed by atoms with Crippen LogP contribution in [0.25, 0.3) is 0 Å². The fourth-order valence-corrected chi connectivity index (χ4v) is 3.47. The molecule has 2 heterocycles. The van der Waals surface area contributed by atoms with Crippen molar-refractivity contribution in [3.8, 4) is 0 Å². The van der Waals surface area contributed by atoms with Crippen molar-refractivity contribution in [1.82, 2.24) is 9.80 Å². The Morgan fingerprint density at radius 1 is 1.00 bits per heavy atom. The molecular formula is C17H34N2O3. The first-order valence-corrected chi connectivity index (χ1v) is 9.02. The summed E-state index contributed by atoms with van der Waals surface area (Å²) in [5, 5.41) is 19.1. The fraction of sp³-hybridized carbons (Fsp3) is 1.00. The molecule has 2 aliphatic rings. The van der Waals surface area contributed by atoms with Gasteiger partial charge in [-0.2, -0.15) is 0 Å². The van der Waals surface area contributed by atoms with Crippen molar-refractivity contribution in [3.05, 3.63) is 0 Å². The van der Waals surface area contributed by atoms with Crippen LogP contribution in [-0.4, -0.2) is 84.7 Å². The SMILES string of the molecule is CC1CCN(CC(O)CN2CCC(OCCCO)CC2)CC1. The fourth-order valence-electron chi connectivity index (χ4n) is 3.47. The number of ether oxygens (including phenoxy) is 1. The van der Waals surface area contributed by atoms with Crippen LogP contribution in [0, 0.1) is 5.92 Å². The van der Waals surface area contributed by atoms with E-state index in [4.69, 9.17) is 9.84 Å². The molecular weight excluding hydrogens is 280 g/mol. The highest BCUT2D eigenvalue weighted by Crippen LogP contribution is 2.17. The highest BCUT2D eigenvalue weighted by atomic mass is 16.5. The summed E-state index contributed by atoms with van der Waals surface area (Å²) in [5.74, 6) is 0.846. The lowest BCUT2D eigenvalue weighted by atomic mass is 9.99. The molecule has 22 heavy (non-hydrogen) atoms. The average Bonchev–Trinajstić information content (AvgIpc) is 2.51. The van der Waals surface area contributed by atoms with Crippen LogP contribution >= 0.6 is 0 Å². The Morgan fingerprint density at radius 3 is 2.09 bits per heavy atom. The molecule has 1 unspecified atom stereocenters. The number of nitrogens with zero attached hydrogens (tertiary/aromatic N) is 2. The number of hydrogen-bond acceptors (Lipinski definition) is 5. The minimum Gasteiger partial charge on any atom is -0.396 e. The Balaban J connectivity index is 1.57. The van der Waals surface area contributed by atoms with Gasteiger partial charge in [0.1, 0.15) is 0 Å². The van der Waals surface area contributed by atoms with Crippen LogP contribution in [0.4, 0.5) is 0 Å². The monoisotopic (exact) mass is 314 g/mol. The molecule has 5 heteroatoms. The molecule has 0 saturated carbocycles. The molecule has 1 atom stereocenters. The van der Waals surface area contributed by atoms with Crippen molar-refractivity contribution in [1.29, 1.82) is 0 Å². The molecule has 0 amide bonds. The Kier molecular flexibility index (Phi) is 8.11. The highest BCUT2D eigenvalue weighted by molar-refractivity contribution is 4.77. The van der Waals surface area contributed by atoms with Crippen LogP contribution < -0.4 is 0 Å². The number of aliphatic hydroxyl groups is 2. The smallest absolute Gasteiger partial charge is 0.0793 e. The summed E-state index contributed by atoms with van der Waals surface area (Å²) in [5.41, 5.74) is 0. The first-order valence-electron chi connectivity index (χ1n) is 9.02. The summed E-state index contributed by atoms with van der Waals surface area (Å²) in [6, 6.07) is 0. The van der Waals surface area contributed by atoms with Gasteiger partial charge in [-0.15, -0.1) is 0 Å². The number of rotatable bonds is 8.